The largest absolute Gasteiger partial charge is 0.478 e. The number of carbonyl (C=O) groups excluding carboxylic acids is 2. The van der Waals surface area contributed by atoms with Crippen molar-refractivity contribution >= 4 is 17.8 Å². The van der Waals surface area contributed by atoms with E-state index in [0.717, 1.165) is 57.8 Å². The Morgan fingerprint density at radius 1 is 0.870 bits per heavy atom. The van der Waals surface area contributed by atoms with E-state index in [-0.39, 0.29) is 73.9 Å². The van der Waals surface area contributed by atoms with Gasteiger partial charge < -0.3 is 20.3 Å². The first-order valence-electron chi connectivity index (χ1n) is 17.5. The molecule has 3 N–H and O–H groups in total. The molecule has 0 spiro atoms. The predicted molar refractivity (Wildman–Crippen MR) is 177 cm³/mol. The number of methoxy groups -OCH3 is 1. The smallest absolute Gasteiger partial charge is 0.336 e. The lowest BCUT2D eigenvalue weighted by Crippen LogP contribution is -2.68. The van der Waals surface area contributed by atoms with Crippen molar-refractivity contribution in [3.63, 3.8) is 0 Å². The summed E-state index contributed by atoms with van der Waals surface area (Å²) < 4.78 is 5.30. The first-order valence-corrected chi connectivity index (χ1v) is 17.5. The Bertz CT molecular complexity index is 1480. The summed E-state index contributed by atoms with van der Waals surface area (Å²) in [5.41, 5.74) is 0.581. The van der Waals surface area contributed by atoms with Crippen molar-refractivity contribution in [2.75, 3.05) is 7.11 Å². The number of amides is 1. The van der Waals surface area contributed by atoms with E-state index in [1.807, 2.05) is 0 Å². The van der Waals surface area contributed by atoms with Gasteiger partial charge in [0.25, 0.3) is 5.91 Å². The Labute approximate surface area is 274 Å². The lowest BCUT2D eigenvalue weighted by Gasteiger charge is -2.72. The number of hydrogen-bond donors (Lipinski definition) is 3. The third-order valence-corrected chi connectivity index (χ3v) is 15.2. The molecule has 5 aliphatic carbocycles. The number of aromatic carboxylic acids is 1. The summed E-state index contributed by atoms with van der Waals surface area (Å²) in [5, 5.41) is 25.2. The fraction of sp³-hybridized carbons (Fsp3) is 0.718. The summed E-state index contributed by atoms with van der Waals surface area (Å²) in [6, 6.07) is 6.30. The number of rotatable bonds is 4. The number of carbonyl (C=O) groups is 3. The molecule has 0 heterocycles. The van der Waals surface area contributed by atoms with E-state index >= 15 is 0 Å². The maximum absolute atomic E-state index is 13.5. The molecule has 5 aliphatic rings. The number of aliphatic hydroxyl groups is 1. The van der Waals surface area contributed by atoms with Crippen LogP contribution in [0.1, 0.15) is 127 Å². The monoisotopic (exact) mass is 633 g/mol. The van der Waals surface area contributed by atoms with E-state index in [1.54, 1.807) is 18.2 Å². The highest BCUT2D eigenvalue weighted by molar-refractivity contribution is 6.04. The van der Waals surface area contributed by atoms with Crippen LogP contribution >= 0.6 is 0 Å². The first-order chi connectivity index (χ1) is 21.4. The van der Waals surface area contributed by atoms with Crippen LogP contribution < -0.4 is 5.32 Å². The van der Waals surface area contributed by atoms with Gasteiger partial charge in [-0.1, -0.05) is 65.3 Å². The standard InChI is InChI=1S/C39H55NO6/c1-34(2)28-13-16-39(7)30(37(28,5)15-14-29(34)40-31(42)23-11-9-10-12-24(23)32(43)44)27(41)21-25-26-22-36(4,33(45)46-8)18-17-35(26,3)19-20-38(25,39)6/h9-12,21,26-30,41H,13-20,22H2,1-8H3,(H,40,42)(H,43,44)/t26?,27?,28?,29?,30?,35-,36+,37+,38-,39-/m1/s1. The zero-order chi connectivity index (χ0) is 33.7. The molecule has 46 heavy (non-hydrogen) atoms. The third-order valence-electron chi connectivity index (χ3n) is 15.2. The van der Waals surface area contributed by atoms with Crippen LogP contribution in [0.3, 0.4) is 0 Å². The van der Waals surface area contributed by atoms with E-state index in [9.17, 15) is 24.6 Å². The average molecular weight is 634 g/mol. The van der Waals surface area contributed by atoms with Crippen molar-refractivity contribution in [3.05, 3.63) is 47.0 Å². The molecule has 0 aromatic heterocycles. The van der Waals surface area contributed by atoms with Crippen LogP contribution in [0.15, 0.2) is 35.9 Å². The maximum Gasteiger partial charge on any atom is 0.336 e. The molecule has 4 fully saturated rings. The topological polar surface area (TPSA) is 113 Å². The van der Waals surface area contributed by atoms with Crippen LogP contribution in [0, 0.1) is 50.2 Å². The van der Waals surface area contributed by atoms with Gasteiger partial charge in [-0.05, 0) is 116 Å². The minimum Gasteiger partial charge on any atom is -0.478 e. The number of carboxylic acids is 1. The third kappa shape index (κ3) is 4.49. The van der Waals surface area contributed by atoms with Gasteiger partial charge >= 0.3 is 11.9 Å². The number of aliphatic hydroxyl groups excluding tert-OH is 1. The Kier molecular flexibility index (Phi) is 7.71. The van der Waals surface area contributed by atoms with Crippen LogP contribution in [-0.2, 0) is 9.53 Å². The van der Waals surface area contributed by atoms with E-state index in [4.69, 9.17) is 4.74 Å². The molecule has 10 atom stereocenters. The minimum absolute atomic E-state index is 0.0153. The van der Waals surface area contributed by atoms with Crippen molar-refractivity contribution in [2.45, 2.75) is 118 Å². The average Bonchev–Trinajstić information content (AvgIpc) is 2.99. The van der Waals surface area contributed by atoms with Crippen LogP contribution in [-0.4, -0.2) is 47.3 Å². The van der Waals surface area contributed by atoms with Crippen molar-refractivity contribution < 1.29 is 29.3 Å². The van der Waals surface area contributed by atoms with Gasteiger partial charge in [-0.2, -0.15) is 0 Å². The van der Waals surface area contributed by atoms with Gasteiger partial charge in [-0.25, -0.2) is 4.79 Å². The van der Waals surface area contributed by atoms with Gasteiger partial charge in [0.2, 0.25) is 0 Å². The van der Waals surface area contributed by atoms with Gasteiger partial charge in [0, 0.05) is 12.0 Å². The summed E-state index contributed by atoms with van der Waals surface area (Å²) in [6.07, 6.45) is 10.1. The number of ether oxygens (including phenoxy) is 1. The molecule has 1 aromatic carbocycles. The maximum atomic E-state index is 13.5. The van der Waals surface area contributed by atoms with E-state index < -0.39 is 17.5 Å². The zero-order valence-corrected chi connectivity index (χ0v) is 29.2. The molecule has 0 radical (unpaired) electrons. The molecule has 5 unspecified atom stereocenters. The van der Waals surface area contributed by atoms with Crippen molar-refractivity contribution in [1.29, 1.82) is 0 Å². The van der Waals surface area contributed by atoms with Gasteiger partial charge in [0.1, 0.15) is 0 Å². The Morgan fingerprint density at radius 2 is 1.52 bits per heavy atom. The number of carboxylic acid groups (broad SMARTS) is 1. The molecule has 7 nitrogen and oxygen atoms in total. The number of allylic oxidation sites excluding steroid dienone is 1. The zero-order valence-electron chi connectivity index (χ0n) is 29.2. The van der Waals surface area contributed by atoms with E-state index in [2.05, 4.69) is 59.9 Å². The van der Waals surface area contributed by atoms with E-state index in [1.165, 1.54) is 18.7 Å². The molecule has 1 aromatic rings. The normalized spacial score (nSPS) is 44.3. The second-order valence-electron chi connectivity index (χ2n) is 17.6. The molecule has 6 rings (SSSR count). The molecule has 0 saturated heterocycles. The highest BCUT2D eigenvalue weighted by atomic mass is 16.5. The second-order valence-corrected chi connectivity index (χ2v) is 17.6. The molecule has 0 aliphatic heterocycles. The van der Waals surface area contributed by atoms with Gasteiger partial charge in [0.15, 0.2) is 0 Å². The fourth-order valence-electron chi connectivity index (χ4n) is 12.3. The SMILES string of the molecule is COC(=O)[C@@]1(C)CC[C@]2(C)CC[C@]3(C)C(=CC(O)C4[C@@]5(C)CCC(NC(=O)c6ccccc6C(=O)O)C(C)(C)C5CC[C@]43C)C2C1. The molecule has 1 amide bonds. The van der Waals surface area contributed by atoms with Crippen molar-refractivity contribution in [1.82, 2.24) is 5.32 Å². The molecular weight excluding hydrogens is 578 g/mol. The van der Waals surface area contributed by atoms with Gasteiger partial charge in [-0.3, -0.25) is 9.59 Å². The number of esters is 1. The lowest BCUT2D eigenvalue weighted by atomic mass is 9.33. The fourth-order valence-corrected chi connectivity index (χ4v) is 12.3. The van der Waals surface area contributed by atoms with Gasteiger partial charge in [0.05, 0.1) is 29.8 Å². The predicted octanol–water partition coefficient (Wildman–Crippen LogP) is 7.43. The Morgan fingerprint density at radius 3 is 2.17 bits per heavy atom. The quantitative estimate of drug-likeness (QED) is 0.235. The molecule has 0 bridgehead atoms. The number of hydrogen-bond acceptors (Lipinski definition) is 5. The summed E-state index contributed by atoms with van der Waals surface area (Å²) in [5.74, 6) is -0.991. The van der Waals surface area contributed by atoms with Crippen molar-refractivity contribution in [3.8, 4) is 0 Å². The van der Waals surface area contributed by atoms with Crippen LogP contribution in [0.2, 0.25) is 0 Å². The first kappa shape index (κ1) is 33.2. The van der Waals surface area contributed by atoms with Gasteiger partial charge in [-0.15, -0.1) is 0 Å². The highest BCUT2D eigenvalue weighted by Gasteiger charge is 2.70. The Hall–Kier alpha value is -2.67. The molecule has 7 heteroatoms. The lowest BCUT2D eigenvalue weighted by molar-refractivity contribution is -0.211. The van der Waals surface area contributed by atoms with E-state index in [0.29, 0.717) is 0 Å². The van der Waals surface area contributed by atoms with Crippen LogP contribution in [0.5, 0.6) is 0 Å². The molecule has 252 valence electrons. The van der Waals surface area contributed by atoms with Crippen LogP contribution in [0.4, 0.5) is 0 Å². The molecule has 4 saturated carbocycles. The molecular formula is C39H55NO6. The summed E-state index contributed by atoms with van der Waals surface area (Å²) in [7, 11) is 1.50. The van der Waals surface area contributed by atoms with Crippen molar-refractivity contribution in [2.24, 2.45) is 50.2 Å². The number of nitrogens with one attached hydrogen (secondary N) is 1. The highest BCUT2D eigenvalue weighted by Crippen LogP contribution is 2.75. The number of benzene rings is 1. The van der Waals surface area contributed by atoms with Crippen LogP contribution in [0.25, 0.3) is 0 Å². The summed E-state index contributed by atoms with van der Waals surface area (Å²) in [6.45, 7) is 16.3. The minimum atomic E-state index is -1.11. The number of fused-ring (bicyclic) bond motifs is 7. The summed E-state index contributed by atoms with van der Waals surface area (Å²) in [4.78, 5) is 38.3. The summed E-state index contributed by atoms with van der Waals surface area (Å²) >= 11 is 0. The second kappa shape index (κ2) is 10.7. The Balaban J connectivity index is 1.32.